The fourth-order valence-electron chi connectivity index (χ4n) is 1.23. The van der Waals surface area contributed by atoms with Gasteiger partial charge in [0.05, 0.1) is 12.2 Å². The van der Waals surface area contributed by atoms with Crippen LogP contribution in [0.3, 0.4) is 0 Å². The van der Waals surface area contributed by atoms with E-state index in [1.165, 1.54) is 23.6 Å². The average Bonchev–Trinajstić information content (AvgIpc) is 2.73. The number of carbonyl (C=O) groups excluding carboxylic acids is 1. The summed E-state index contributed by atoms with van der Waals surface area (Å²) in [5.74, 6) is -0.600. The van der Waals surface area contributed by atoms with Gasteiger partial charge < -0.3 is 16.2 Å². The van der Waals surface area contributed by atoms with E-state index in [4.69, 9.17) is 5.73 Å². The van der Waals surface area contributed by atoms with Gasteiger partial charge in [0.1, 0.15) is 5.75 Å². The number of carbonyl (C=O) groups is 1. The molecule has 0 saturated carbocycles. The summed E-state index contributed by atoms with van der Waals surface area (Å²) in [6.45, 7) is 0.253. The minimum atomic E-state index is -0.449. The molecule has 1 amide bonds. The number of aromatic nitrogens is 2. The Labute approximate surface area is 101 Å². The first kappa shape index (κ1) is 11.3. The Morgan fingerprint density at radius 3 is 3.06 bits per heavy atom. The monoisotopic (exact) mass is 250 g/mol. The van der Waals surface area contributed by atoms with Gasteiger partial charge in [-0.1, -0.05) is 0 Å². The molecule has 0 aromatic carbocycles. The highest BCUT2D eigenvalue weighted by molar-refractivity contribution is 7.13. The number of nitrogens with two attached hydrogens (primary N) is 1. The SMILES string of the molecule is Nc1nc(CNC(=O)c2ncccc2O)cs1. The van der Waals surface area contributed by atoms with E-state index in [9.17, 15) is 9.90 Å². The van der Waals surface area contributed by atoms with Crippen LogP contribution in [-0.2, 0) is 6.54 Å². The van der Waals surface area contributed by atoms with Gasteiger partial charge in [-0.25, -0.2) is 9.97 Å². The molecule has 0 unspecified atom stereocenters. The number of rotatable bonds is 3. The summed E-state index contributed by atoms with van der Waals surface area (Å²) in [4.78, 5) is 19.4. The fraction of sp³-hybridized carbons (Fsp3) is 0.100. The van der Waals surface area contributed by atoms with Gasteiger partial charge in [0.25, 0.3) is 5.91 Å². The highest BCUT2D eigenvalue weighted by Crippen LogP contribution is 2.13. The zero-order chi connectivity index (χ0) is 12.3. The molecule has 2 heterocycles. The minimum absolute atomic E-state index is 0.00398. The van der Waals surface area contributed by atoms with Crippen LogP contribution in [-0.4, -0.2) is 21.0 Å². The molecule has 0 saturated heterocycles. The Balaban J connectivity index is 2.01. The first-order valence-corrected chi connectivity index (χ1v) is 5.67. The quantitative estimate of drug-likeness (QED) is 0.746. The number of hydrogen-bond acceptors (Lipinski definition) is 6. The van der Waals surface area contributed by atoms with E-state index in [1.807, 2.05) is 0 Å². The van der Waals surface area contributed by atoms with Gasteiger partial charge in [0.15, 0.2) is 10.8 Å². The summed E-state index contributed by atoms with van der Waals surface area (Å²) < 4.78 is 0. The third kappa shape index (κ3) is 2.70. The molecule has 0 aliphatic rings. The van der Waals surface area contributed by atoms with Gasteiger partial charge in [-0.05, 0) is 12.1 Å². The smallest absolute Gasteiger partial charge is 0.274 e. The molecule has 0 radical (unpaired) electrons. The van der Waals surface area contributed by atoms with Crippen LogP contribution in [0.5, 0.6) is 5.75 Å². The van der Waals surface area contributed by atoms with Crippen LogP contribution >= 0.6 is 11.3 Å². The van der Waals surface area contributed by atoms with Crippen LogP contribution in [0, 0.1) is 0 Å². The summed E-state index contributed by atoms with van der Waals surface area (Å²) in [5, 5.41) is 14.2. The Morgan fingerprint density at radius 1 is 1.59 bits per heavy atom. The van der Waals surface area contributed by atoms with E-state index in [0.717, 1.165) is 0 Å². The number of nitrogen functional groups attached to an aromatic ring is 1. The zero-order valence-electron chi connectivity index (χ0n) is 8.75. The van der Waals surface area contributed by atoms with Crippen molar-refractivity contribution in [1.29, 1.82) is 0 Å². The fourth-order valence-corrected chi connectivity index (χ4v) is 1.79. The second kappa shape index (κ2) is 4.79. The number of nitrogens with one attached hydrogen (secondary N) is 1. The molecule has 2 aromatic rings. The first-order valence-electron chi connectivity index (χ1n) is 4.79. The predicted octanol–water partition coefficient (Wildman–Crippen LogP) is 0.756. The first-order chi connectivity index (χ1) is 8.16. The van der Waals surface area contributed by atoms with E-state index in [0.29, 0.717) is 10.8 Å². The summed E-state index contributed by atoms with van der Waals surface area (Å²) >= 11 is 1.31. The van der Waals surface area contributed by atoms with E-state index >= 15 is 0 Å². The van der Waals surface area contributed by atoms with Gasteiger partial charge in [-0.3, -0.25) is 4.79 Å². The van der Waals surface area contributed by atoms with Crippen molar-refractivity contribution in [2.75, 3.05) is 5.73 Å². The summed E-state index contributed by atoms with van der Waals surface area (Å²) in [7, 11) is 0. The Kier molecular flexibility index (Phi) is 3.20. The summed E-state index contributed by atoms with van der Waals surface area (Å²) in [6.07, 6.45) is 1.44. The molecule has 0 aliphatic heterocycles. The van der Waals surface area contributed by atoms with Gasteiger partial charge in [-0.15, -0.1) is 11.3 Å². The lowest BCUT2D eigenvalue weighted by molar-refractivity contribution is 0.0942. The van der Waals surface area contributed by atoms with Crippen molar-refractivity contribution >= 4 is 22.4 Å². The van der Waals surface area contributed by atoms with Crippen molar-refractivity contribution in [2.24, 2.45) is 0 Å². The molecule has 4 N–H and O–H groups in total. The average molecular weight is 250 g/mol. The molecular weight excluding hydrogens is 240 g/mol. The molecule has 0 aliphatic carbocycles. The summed E-state index contributed by atoms with van der Waals surface area (Å²) in [6, 6.07) is 2.95. The van der Waals surface area contributed by atoms with Crippen molar-refractivity contribution in [1.82, 2.24) is 15.3 Å². The molecule has 0 atom stereocenters. The maximum atomic E-state index is 11.7. The van der Waals surface area contributed by atoms with Crippen molar-refractivity contribution in [3.8, 4) is 5.75 Å². The second-order valence-electron chi connectivity index (χ2n) is 3.23. The molecular formula is C10H10N4O2S. The standard InChI is InChI=1S/C10H10N4O2S/c11-10-14-6(5-17-10)4-13-9(16)8-7(15)2-1-3-12-8/h1-3,5,15H,4H2,(H2,11,14)(H,13,16). The maximum absolute atomic E-state index is 11.7. The van der Waals surface area contributed by atoms with Gasteiger partial charge in [0, 0.05) is 11.6 Å². The molecule has 0 spiro atoms. The Morgan fingerprint density at radius 2 is 2.41 bits per heavy atom. The zero-order valence-corrected chi connectivity index (χ0v) is 9.57. The number of thiazole rings is 1. The lowest BCUT2D eigenvalue weighted by Gasteiger charge is -2.03. The lowest BCUT2D eigenvalue weighted by atomic mass is 10.3. The normalized spacial score (nSPS) is 10.1. The van der Waals surface area contributed by atoms with Crippen LogP contribution in [0.1, 0.15) is 16.2 Å². The molecule has 17 heavy (non-hydrogen) atoms. The summed E-state index contributed by atoms with van der Waals surface area (Å²) in [5.41, 5.74) is 6.14. The molecule has 6 nitrogen and oxygen atoms in total. The van der Waals surface area contributed by atoms with Crippen LogP contribution in [0.25, 0.3) is 0 Å². The van der Waals surface area contributed by atoms with Crippen LogP contribution in [0.15, 0.2) is 23.7 Å². The number of amides is 1. The molecule has 0 bridgehead atoms. The highest BCUT2D eigenvalue weighted by Gasteiger charge is 2.11. The highest BCUT2D eigenvalue weighted by atomic mass is 32.1. The Hall–Kier alpha value is -2.15. The topological polar surface area (TPSA) is 101 Å². The van der Waals surface area contributed by atoms with Crippen LogP contribution in [0.4, 0.5) is 5.13 Å². The second-order valence-corrected chi connectivity index (χ2v) is 4.12. The minimum Gasteiger partial charge on any atom is -0.505 e. The van der Waals surface area contributed by atoms with Gasteiger partial charge in [0.2, 0.25) is 0 Å². The van der Waals surface area contributed by atoms with E-state index in [-0.39, 0.29) is 18.0 Å². The number of nitrogens with zero attached hydrogens (tertiary/aromatic N) is 2. The van der Waals surface area contributed by atoms with E-state index in [2.05, 4.69) is 15.3 Å². The molecule has 7 heteroatoms. The van der Waals surface area contributed by atoms with Crippen molar-refractivity contribution in [3.63, 3.8) is 0 Å². The van der Waals surface area contributed by atoms with Gasteiger partial charge in [-0.2, -0.15) is 0 Å². The molecule has 2 aromatic heterocycles. The van der Waals surface area contributed by atoms with Crippen molar-refractivity contribution in [2.45, 2.75) is 6.54 Å². The third-order valence-corrected chi connectivity index (χ3v) is 2.72. The van der Waals surface area contributed by atoms with Crippen LogP contribution < -0.4 is 11.1 Å². The van der Waals surface area contributed by atoms with E-state index < -0.39 is 5.91 Å². The van der Waals surface area contributed by atoms with Gasteiger partial charge >= 0.3 is 0 Å². The number of hydrogen-bond donors (Lipinski definition) is 3. The third-order valence-electron chi connectivity index (χ3n) is 2.00. The lowest BCUT2D eigenvalue weighted by Crippen LogP contribution is -2.24. The molecule has 0 fully saturated rings. The number of aromatic hydroxyl groups is 1. The largest absolute Gasteiger partial charge is 0.505 e. The molecule has 2 rings (SSSR count). The predicted molar refractivity (Wildman–Crippen MR) is 63.6 cm³/mol. The van der Waals surface area contributed by atoms with Crippen LogP contribution in [0.2, 0.25) is 0 Å². The van der Waals surface area contributed by atoms with E-state index in [1.54, 1.807) is 11.4 Å². The molecule has 88 valence electrons. The van der Waals surface area contributed by atoms with Crippen molar-refractivity contribution in [3.05, 3.63) is 35.1 Å². The number of anilines is 1. The number of pyridine rings is 1. The maximum Gasteiger partial charge on any atom is 0.274 e. The van der Waals surface area contributed by atoms with Crippen molar-refractivity contribution < 1.29 is 9.90 Å². The Bertz CT molecular complexity index is 541.